The van der Waals surface area contributed by atoms with Crippen molar-refractivity contribution in [2.75, 3.05) is 107 Å². The fourth-order valence-electron chi connectivity index (χ4n) is 5.46. The zero-order chi connectivity index (χ0) is 40.2. The number of ether oxygens (including phenoxy) is 4. The van der Waals surface area contributed by atoms with Crippen LogP contribution in [0.25, 0.3) is 0 Å². The number of ketones is 2. The minimum absolute atomic E-state index is 0.0536. The zero-order valence-electron chi connectivity index (χ0n) is 33.4. The fourth-order valence-corrected chi connectivity index (χ4v) is 5.46. The molecule has 0 aromatic rings. The number of carbonyl (C=O) groups is 6. The topological polar surface area (TPSA) is 238 Å². The van der Waals surface area contributed by atoms with Crippen LogP contribution in [0.2, 0.25) is 0 Å². The molecule has 8 N–H and O–H groups in total. The average molecular weight is 774 g/mol. The first-order chi connectivity index (χ1) is 26.0. The molecular formula is C37H71N7O10. The van der Waals surface area contributed by atoms with E-state index in [0.29, 0.717) is 19.3 Å². The lowest BCUT2D eigenvalue weighted by molar-refractivity contribution is -0.132. The van der Waals surface area contributed by atoms with Gasteiger partial charge in [0, 0.05) is 44.7 Å². The molecule has 54 heavy (non-hydrogen) atoms. The van der Waals surface area contributed by atoms with Crippen LogP contribution in [0.1, 0.15) is 77.6 Å². The van der Waals surface area contributed by atoms with Gasteiger partial charge in [-0.05, 0) is 85.7 Å². The van der Waals surface area contributed by atoms with Crippen molar-refractivity contribution in [2.24, 2.45) is 17.6 Å². The summed E-state index contributed by atoms with van der Waals surface area (Å²) in [5.41, 5.74) is 5.45. The highest BCUT2D eigenvalue weighted by atomic mass is 16.5. The molecule has 314 valence electrons. The van der Waals surface area contributed by atoms with Gasteiger partial charge < -0.3 is 56.6 Å². The molecule has 0 bridgehead atoms. The third-order valence-corrected chi connectivity index (χ3v) is 8.40. The van der Waals surface area contributed by atoms with Crippen molar-refractivity contribution < 1.29 is 47.7 Å². The van der Waals surface area contributed by atoms with E-state index < -0.39 is 23.8 Å². The first kappa shape index (κ1) is 50.9. The fraction of sp³-hybridized carbons (Fsp3) is 0.838. The van der Waals surface area contributed by atoms with Crippen LogP contribution >= 0.6 is 0 Å². The molecule has 3 atom stereocenters. The molecule has 0 aliphatic carbocycles. The van der Waals surface area contributed by atoms with Crippen molar-refractivity contribution in [3.05, 3.63) is 0 Å². The summed E-state index contributed by atoms with van der Waals surface area (Å²) in [4.78, 5) is 73.5. The van der Waals surface area contributed by atoms with Gasteiger partial charge in [-0.25, -0.2) is 0 Å². The average Bonchev–Trinajstić information content (AvgIpc) is 3.13. The second-order valence-electron chi connectivity index (χ2n) is 13.2. The maximum absolute atomic E-state index is 12.9. The van der Waals surface area contributed by atoms with Crippen molar-refractivity contribution in [2.45, 2.75) is 83.6 Å². The highest BCUT2D eigenvalue weighted by molar-refractivity contribution is 5.88. The molecule has 0 aromatic heterocycles. The van der Waals surface area contributed by atoms with Gasteiger partial charge in [0.1, 0.15) is 19.3 Å². The zero-order valence-corrected chi connectivity index (χ0v) is 33.4. The number of hydrogen-bond acceptors (Lipinski definition) is 13. The number of nitrogens with one attached hydrogen (secondary N) is 6. The Morgan fingerprint density at radius 1 is 0.519 bits per heavy atom. The minimum atomic E-state index is -0.592. The monoisotopic (exact) mass is 774 g/mol. The molecule has 0 spiro atoms. The Morgan fingerprint density at radius 2 is 0.944 bits per heavy atom. The number of primary amides is 1. The number of amides is 4. The predicted molar refractivity (Wildman–Crippen MR) is 206 cm³/mol. The van der Waals surface area contributed by atoms with Crippen molar-refractivity contribution in [3.8, 4) is 0 Å². The van der Waals surface area contributed by atoms with Crippen LogP contribution in [0.15, 0.2) is 0 Å². The quantitative estimate of drug-likeness (QED) is 0.0394. The highest BCUT2D eigenvalue weighted by Crippen LogP contribution is 2.15. The normalized spacial score (nSPS) is 12.8. The number of nitrogens with two attached hydrogens (primary N) is 1. The Balaban J connectivity index is 4.32. The number of unbranched alkanes of at least 4 members (excludes halogenated alkanes) is 3. The molecule has 0 radical (unpaired) electrons. The molecule has 0 aliphatic heterocycles. The summed E-state index contributed by atoms with van der Waals surface area (Å²) in [7, 11) is 5.58. The van der Waals surface area contributed by atoms with E-state index in [1.807, 2.05) is 21.1 Å². The lowest BCUT2D eigenvalue weighted by Gasteiger charge is -2.17. The molecule has 4 amide bonds. The van der Waals surface area contributed by atoms with E-state index in [2.05, 4.69) is 31.9 Å². The van der Waals surface area contributed by atoms with Crippen molar-refractivity contribution in [3.63, 3.8) is 0 Å². The van der Waals surface area contributed by atoms with E-state index in [-0.39, 0.29) is 108 Å². The predicted octanol–water partition coefficient (Wildman–Crippen LogP) is -0.405. The molecule has 0 saturated carbocycles. The highest BCUT2D eigenvalue weighted by Gasteiger charge is 2.22. The van der Waals surface area contributed by atoms with E-state index in [4.69, 9.17) is 24.7 Å². The van der Waals surface area contributed by atoms with Crippen molar-refractivity contribution in [1.29, 1.82) is 0 Å². The Hall–Kier alpha value is -3.06. The maximum Gasteiger partial charge on any atom is 0.242 e. The Kier molecular flexibility index (Phi) is 33.6. The first-order valence-corrected chi connectivity index (χ1v) is 19.5. The number of carbonyl (C=O) groups excluding carboxylic acids is 6. The van der Waals surface area contributed by atoms with Gasteiger partial charge in [0.15, 0.2) is 11.6 Å². The summed E-state index contributed by atoms with van der Waals surface area (Å²) in [6.07, 6.45) is 6.85. The summed E-state index contributed by atoms with van der Waals surface area (Å²) >= 11 is 0. The van der Waals surface area contributed by atoms with Gasteiger partial charge in [0.25, 0.3) is 0 Å². The summed E-state index contributed by atoms with van der Waals surface area (Å²) in [6.45, 7) is 5.44. The van der Waals surface area contributed by atoms with Crippen LogP contribution in [-0.2, 0) is 47.7 Å². The van der Waals surface area contributed by atoms with Crippen molar-refractivity contribution in [1.82, 2.24) is 31.9 Å². The SMILES string of the molecule is CNCCCC[C@@H](CC(=O)COCCOCCNC(=O)[C@@H](CCCCNC)CC(=O)COCCOCCNC(=O)[C@@H](CCCCNC)NC(C)=O)C(N)=O. The molecule has 0 saturated heterocycles. The maximum atomic E-state index is 12.9. The molecule has 0 heterocycles. The number of rotatable bonds is 39. The van der Waals surface area contributed by atoms with E-state index in [9.17, 15) is 28.8 Å². The van der Waals surface area contributed by atoms with Crippen LogP contribution in [0.3, 0.4) is 0 Å². The van der Waals surface area contributed by atoms with E-state index >= 15 is 0 Å². The molecule has 17 nitrogen and oxygen atoms in total. The molecular weight excluding hydrogens is 702 g/mol. The minimum Gasteiger partial charge on any atom is -0.377 e. The van der Waals surface area contributed by atoms with E-state index in [0.717, 1.165) is 58.2 Å². The Bertz CT molecular complexity index is 1040. The lowest BCUT2D eigenvalue weighted by Crippen LogP contribution is -2.46. The van der Waals surface area contributed by atoms with Crippen LogP contribution in [-0.4, -0.2) is 148 Å². The van der Waals surface area contributed by atoms with Crippen LogP contribution in [0.5, 0.6) is 0 Å². The van der Waals surface area contributed by atoms with Crippen LogP contribution in [0, 0.1) is 11.8 Å². The van der Waals surface area contributed by atoms with E-state index in [1.54, 1.807) is 0 Å². The number of Topliss-reactive ketones (excluding diaryl/α,β-unsaturated/α-hetero) is 2. The lowest BCUT2D eigenvalue weighted by atomic mass is 9.95. The van der Waals surface area contributed by atoms with Gasteiger partial charge in [0.2, 0.25) is 23.6 Å². The van der Waals surface area contributed by atoms with Gasteiger partial charge in [-0.15, -0.1) is 0 Å². The second kappa shape index (κ2) is 35.6. The van der Waals surface area contributed by atoms with Gasteiger partial charge in [0.05, 0.1) is 39.6 Å². The molecule has 0 unspecified atom stereocenters. The summed E-state index contributed by atoms with van der Waals surface area (Å²) in [6, 6.07) is -0.592. The Morgan fingerprint density at radius 3 is 1.41 bits per heavy atom. The summed E-state index contributed by atoms with van der Waals surface area (Å²) in [5, 5.41) is 17.5. The second-order valence-corrected chi connectivity index (χ2v) is 13.2. The molecule has 17 heteroatoms. The van der Waals surface area contributed by atoms with Crippen molar-refractivity contribution >= 4 is 35.2 Å². The standard InChI is InChI=1S/C37H71N7O10/c1-29(45)44-34(13-7-10-16-41-4)37(50)43-18-20-52-22-24-54-28-33(47)26-31(12-6-9-15-40-3)36(49)42-17-19-51-21-23-53-27-32(46)25-30(35(38)48)11-5-8-14-39-2/h30-31,34,39-41H,5-28H2,1-4H3,(H2,38,48)(H,42,49)(H,43,50)(H,44,45)/t30-,31-,34+/m0/s1. The summed E-state index contributed by atoms with van der Waals surface area (Å²) in [5.74, 6) is -2.58. The van der Waals surface area contributed by atoms with Gasteiger partial charge in [-0.2, -0.15) is 0 Å². The van der Waals surface area contributed by atoms with Crippen LogP contribution in [0.4, 0.5) is 0 Å². The van der Waals surface area contributed by atoms with Gasteiger partial charge in [-0.3, -0.25) is 28.8 Å². The van der Waals surface area contributed by atoms with E-state index in [1.165, 1.54) is 6.92 Å². The smallest absolute Gasteiger partial charge is 0.242 e. The van der Waals surface area contributed by atoms with Gasteiger partial charge >= 0.3 is 0 Å². The van der Waals surface area contributed by atoms with Gasteiger partial charge in [-0.1, -0.05) is 12.8 Å². The molecule has 0 rings (SSSR count). The third-order valence-electron chi connectivity index (χ3n) is 8.40. The van der Waals surface area contributed by atoms with Crippen LogP contribution < -0.4 is 37.6 Å². The molecule has 0 aliphatic rings. The number of hydrogen-bond donors (Lipinski definition) is 7. The molecule has 0 aromatic carbocycles. The summed E-state index contributed by atoms with van der Waals surface area (Å²) < 4.78 is 21.9. The first-order valence-electron chi connectivity index (χ1n) is 19.5. The molecule has 0 fully saturated rings. The Labute approximate surface area is 322 Å². The largest absolute Gasteiger partial charge is 0.377 e. The third kappa shape index (κ3) is 30.3.